The van der Waals surface area contributed by atoms with Crippen LogP contribution in [0, 0.1) is 0 Å². The van der Waals surface area contributed by atoms with Crippen molar-refractivity contribution >= 4 is 40.0 Å². The van der Waals surface area contributed by atoms with Crippen molar-refractivity contribution in [2.45, 2.75) is 11.3 Å². The summed E-state index contributed by atoms with van der Waals surface area (Å²) in [5, 5.41) is 11.6. The monoisotopic (exact) mass is 327 g/mol. The average Bonchev–Trinajstić information content (AvgIpc) is 3.14. The topological polar surface area (TPSA) is 109 Å². The molecule has 0 spiro atoms. The number of nitrogens with zero attached hydrogens (tertiary/aromatic N) is 2. The zero-order chi connectivity index (χ0) is 15.1. The van der Waals surface area contributed by atoms with Gasteiger partial charge in [0.25, 0.3) is 0 Å². The summed E-state index contributed by atoms with van der Waals surface area (Å²) >= 11 is 2.61. The van der Waals surface area contributed by atoms with Gasteiger partial charge in [-0.25, -0.2) is 0 Å². The van der Waals surface area contributed by atoms with E-state index in [1.807, 2.05) is 6.92 Å². The Labute approximate surface area is 128 Å². The molecule has 2 aromatic rings. The van der Waals surface area contributed by atoms with E-state index >= 15 is 0 Å². The summed E-state index contributed by atoms with van der Waals surface area (Å²) < 4.78 is 5.57. The molecule has 21 heavy (non-hydrogen) atoms. The fraction of sp³-hybridized carbons (Fsp3) is 0.273. The molecule has 0 radical (unpaired) electrons. The quantitative estimate of drug-likeness (QED) is 0.539. The lowest BCUT2D eigenvalue weighted by molar-refractivity contribution is -0.119. The Morgan fingerprint density at radius 1 is 1.38 bits per heavy atom. The standard InChI is InChI=1S/C11H13N5O3S2/c1-2-12-10-15-16-11(21-10)20-6-8(17)13-14-9(18)7-4-3-5-19-7/h3-5H,2,6H2,1H3,(H,12,15)(H,13,17)(H,14,18). The SMILES string of the molecule is CCNc1nnc(SCC(=O)NNC(=O)c2ccco2)s1. The van der Waals surface area contributed by atoms with Crippen molar-refractivity contribution in [3.63, 3.8) is 0 Å². The molecule has 2 amide bonds. The lowest BCUT2D eigenvalue weighted by atomic mass is 10.4. The molecule has 2 rings (SSSR count). The van der Waals surface area contributed by atoms with Crippen molar-refractivity contribution in [3.05, 3.63) is 24.2 Å². The maximum absolute atomic E-state index is 11.6. The van der Waals surface area contributed by atoms with Gasteiger partial charge >= 0.3 is 5.91 Å². The maximum atomic E-state index is 11.6. The van der Waals surface area contributed by atoms with Gasteiger partial charge in [-0.1, -0.05) is 23.1 Å². The molecule has 8 nitrogen and oxygen atoms in total. The number of hydrogen-bond donors (Lipinski definition) is 3. The highest BCUT2D eigenvalue weighted by Gasteiger charge is 2.11. The smallest absolute Gasteiger partial charge is 0.305 e. The Balaban J connectivity index is 1.70. The van der Waals surface area contributed by atoms with Gasteiger partial charge in [0.2, 0.25) is 11.0 Å². The third kappa shape index (κ3) is 4.76. The highest BCUT2D eigenvalue weighted by atomic mass is 32.2. The molecular formula is C11H13N5O3S2. The summed E-state index contributed by atoms with van der Waals surface area (Å²) in [5.74, 6) is -0.606. The number of carbonyl (C=O) groups excluding carboxylic acids is 2. The molecule has 2 aromatic heterocycles. The van der Waals surface area contributed by atoms with Gasteiger partial charge in [-0.3, -0.25) is 20.4 Å². The van der Waals surface area contributed by atoms with Gasteiger partial charge in [0.1, 0.15) is 0 Å². The van der Waals surface area contributed by atoms with Crippen LogP contribution >= 0.6 is 23.1 Å². The number of nitrogens with one attached hydrogen (secondary N) is 3. The number of hydrazine groups is 1. The first kappa shape index (κ1) is 15.3. The van der Waals surface area contributed by atoms with E-state index in [0.29, 0.717) is 9.47 Å². The predicted octanol–water partition coefficient (Wildman–Crippen LogP) is 1.12. The Hall–Kier alpha value is -2.07. The van der Waals surface area contributed by atoms with E-state index in [4.69, 9.17) is 4.42 Å². The summed E-state index contributed by atoms with van der Waals surface area (Å²) in [6.07, 6.45) is 1.38. The largest absolute Gasteiger partial charge is 0.459 e. The summed E-state index contributed by atoms with van der Waals surface area (Å²) in [7, 11) is 0. The normalized spacial score (nSPS) is 10.1. The van der Waals surface area contributed by atoms with Crippen LogP contribution in [-0.2, 0) is 4.79 Å². The third-order valence-corrected chi connectivity index (χ3v) is 4.14. The van der Waals surface area contributed by atoms with Gasteiger partial charge in [-0.15, -0.1) is 10.2 Å². The van der Waals surface area contributed by atoms with Gasteiger partial charge in [0.15, 0.2) is 10.1 Å². The maximum Gasteiger partial charge on any atom is 0.305 e. The van der Waals surface area contributed by atoms with E-state index in [-0.39, 0.29) is 17.4 Å². The fourth-order valence-electron chi connectivity index (χ4n) is 1.25. The molecule has 10 heteroatoms. The van der Waals surface area contributed by atoms with Gasteiger partial charge in [-0.05, 0) is 19.1 Å². The fourth-order valence-corrected chi connectivity index (χ4v) is 2.87. The summed E-state index contributed by atoms with van der Waals surface area (Å²) in [5.41, 5.74) is 4.55. The number of carbonyl (C=O) groups is 2. The van der Waals surface area contributed by atoms with E-state index in [2.05, 4.69) is 26.4 Å². The minimum absolute atomic E-state index is 0.124. The van der Waals surface area contributed by atoms with Crippen molar-refractivity contribution in [3.8, 4) is 0 Å². The van der Waals surface area contributed by atoms with Crippen LogP contribution in [0.1, 0.15) is 17.5 Å². The van der Waals surface area contributed by atoms with Crippen LogP contribution in [0.25, 0.3) is 0 Å². The zero-order valence-corrected chi connectivity index (χ0v) is 12.7. The number of hydrogen-bond acceptors (Lipinski definition) is 8. The number of amides is 2. The lowest BCUT2D eigenvalue weighted by Crippen LogP contribution is -2.42. The van der Waals surface area contributed by atoms with Crippen LogP contribution in [0.5, 0.6) is 0 Å². The zero-order valence-electron chi connectivity index (χ0n) is 11.1. The Morgan fingerprint density at radius 2 is 2.24 bits per heavy atom. The minimum Gasteiger partial charge on any atom is -0.459 e. The number of rotatable bonds is 6. The van der Waals surface area contributed by atoms with Gasteiger partial charge in [0.05, 0.1) is 12.0 Å². The molecule has 0 fully saturated rings. The molecular weight excluding hydrogens is 314 g/mol. The van der Waals surface area contributed by atoms with E-state index in [9.17, 15) is 9.59 Å². The molecule has 0 aromatic carbocycles. The second-order valence-electron chi connectivity index (χ2n) is 3.67. The molecule has 0 atom stereocenters. The highest BCUT2D eigenvalue weighted by molar-refractivity contribution is 8.01. The Bertz CT molecular complexity index is 599. The van der Waals surface area contributed by atoms with Crippen molar-refractivity contribution in [1.82, 2.24) is 21.0 Å². The molecule has 3 N–H and O–H groups in total. The second kappa shape index (κ2) is 7.64. The summed E-state index contributed by atoms with van der Waals surface area (Å²) in [6, 6.07) is 3.09. The van der Waals surface area contributed by atoms with Crippen LogP contribution < -0.4 is 16.2 Å². The van der Waals surface area contributed by atoms with Crippen LogP contribution in [-0.4, -0.2) is 34.3 Å². The molecule has 0 saturated heterocycles. The van der Waals surface area contributed by atoms with E-state index < -0.39 is 5.91 Å². The molecule has 0 aliphatic carbocycles. The van der Waals surface area contributed by atoms with E-state index in [1.54, 1.807) is 6.07 Å². The summed E-state index contributed by atoms with van der Waals surface area (Å²) in [4.78, 5) is 23.1. The van der Waals surface area contributed by atoms with Crippen molar-refractivity contribution < 1.29 is 14.0 Å². The first-order valence-electron chi connectivity index (χ1n) is 6.02. The van der Waals surface area contributed by atoms with Crippen molar-refractivity contribution in [2.75, 3.05) is 17.6 Å². The van der Waals surface area contributed by atoms with Gasteiger partial charge in [-0.2, -0.15) is 0 Å². The molecule has 2 heterocycles. The van der Waals surface area contributed by atoms with Gasteiger partial charge in [0, 0.05) is 6.54 Å². The van der Waals surface area contributed by atoms with Crippen molar-refractivity contribution in [1.29, 1.82) is 0 Å². The van der Waals surface area contributed by atoms with Gasteiger partial charge < -0.3 is 9.73 Å². The van der Waals surface area contributed by atoms with Crippen LogP contribution in [0.2, 0.25) is 0 Å². The Kier molecular flexibility index (Phi) is 5.58. The third-order valence-electron chi connectivity index (χ3n) is 2.12. The molecule has 0 unspecified atom stereocenters. The van der Waals surface area contributed by atoms with E-state index in [0.717, 1.165) is 6.54 Å². The summed E-state index contributed by atoms with van der Waals surface area (Å²) in [6.45, 7) is 2.72. The minimum atomic E-state index is -0.510. The van der Waals surface area contributed by atoms with Crippen molar-refractivity contribution in [2.24, 2.45) is 0 Å². The first-order chi connectivity index (χ1) is 10.2. The average molecular weight is 327 g/mol. The lowest BCUT2D eigenvalue weighted by Gasteiger charge is -2.04. The molecule has 0 bridgehead atoms. The second-order valence-corrected chi connectivity index (χ2v) is 5.87. The number of thioether (sulfide) groups is 1. The number of aromatic nitrogens is 2. The van der Waals surface area contributed by atoms with Crippen LogP contribution in [0.15, 0.2) is 27.2 Å². The molecule has 0 aliphatic heterocycles. The highest BCUT2D eigenvalue weighted by Crippen LogP contribution is 2.24. The van der Waals surface area contributed by atoms with Crippen LogP contribution in [0.3, 0.4) is 0 Å². The van der Waals surface area contributed by atoms with E-state index in [1.165, 1.54) is 35.4 Å². The molecule has 112 valence electrons. The van der Waals surface area contributed by atoms with Crippen LogP contribution in [0.4, 0.5) is 5.13 Å². The molecule has 0 saturated carbocycles. The Morgan fingerprint density at radius 3 is 2.95 bits per heavy atom. The predicted molar refractivity (Wildman–Crippen MR) is 79.1 cm³/mol. The number of anilines is 1. The number of furan rings is 1. The molecule has 0 aliphatic rings. The first-order valence-corrected chi connectivity index (χ1v) is 7.82.